The number of fused-ring (bicyclic) bond motifs is 2. The third-order valence-electron chi connectivity index (χ3n) is 6.22. The Labute approximate surface area is 209 Å². The number of nitrogens with one attached hydrogen (secondary N) is 1. The van der Waals surface area contributed by atoms with Crippen molar-refractivity contribution in [1.29, 1.82) is 0 Å². The van der Waals surface area contributed by atoms with Gasteiger partial charge in [-0.3, -0.25) is 9.59 Å². The number of nitrogens with two attached hydrogens (primary N) is 1. The first-order chi connectivity index (χ1) is 16.7. The number of amides is 2. The van der Waals surface area contributed by atoms with Gasteiger partial charge in [-0.2, -0.15) is 0 Å². The van der Waals surface area contributed by atoms with E-state index in [0.717, 1.165) is 6.42 Å². The molecule has 11 heteroatoms. The quantitative estimate of drug-likeness (QED) is 0.372. The first kappa shape index (κ1) is 23.2. The highest BCUT2D eigenvalue weighted by Gasteiger charge is 2.22. The Balaban J connectivity index is 1.65. The Kier molecular flexibility index (Phi) is 5.90. The zero-order valence-electron chi connectivity index (χ0n) is 18.7. The second-order valence-corrected chi connectivity index (χ2v) is 9.23. The predicted molar refractivity (Wildman–Crippen MR) is 135 cm³/mol. The fourth-order valence-electron chi connectivity index (χ4n) is 4.44. The van der Waals surface area contributed by atoms with Gasteiger partial charge >= 0.3 is 5.63 Å². The molecule has 2 aromatic carbocycles. The number of rotatable bonds is 6. The minimum Gasteiger partial charge on any atom is -0.422 e. The molecule has 0 aliphatic carbocycles. The summed E-state index contributed by atoms with van der Waals surface area (Å²) in [6.45, 7) is 3.33. The molecule has 1 saturated heterocycles. The van der Waals surface area contributed by atoms with E-state index >= 15 is 0 Å². The predicted octanol–water partition coefficient (Wildman–Crippen LogP) is 4.22. The average Bonchev–Trinajstić information content (AvgIpc) is 3.35. The zero-order chi connectivity index (χ0) is 24.9. The zero-order valence-corrected chi connectivity index (χ0v) is 20.2. The minimum atomic E-state index is -0.846. The molecule has 3 N–H and O–H groups in total. The molecule has 180 valence electrons. The molecule has 3 heterocycles. The summed E-state index contributed by atoms with van der Waals surface area (Å²) >= 11 is 12.2. The summed E-state index contributed by atoms with van der Waals surface area (Å²) < 4.78 is 7.35. The Hall–Kier alpha value is -3.56. The molecule has 0 atom stereocenters. The maximum absolute atomic E-state index is 12.4. The van der Waals surface area contributed by atoms with Crippen molar-refractivity contribution in [3.63, 3.8) is 0 Å². The van der Waals surface area contributed by atoms with Crippen molar-refractivity contribution in [2.45, 2.75) is 26.3 Å². The maximum atomic E-state index is 12.4. The lowest BCUT2D eigenvalue weighted by Gasteiger charge is -2.18. The van der Waals surface area contributed by atoms with Gasteiger partial charge in [-0.25, -0.2) is 9.78 Å². The lowest BCUT2D eigenvalue weighted by Crippen LogP contribution is -2.28. The third-order valence-corrected chi connectivity index (χ3v) is 6.96. The molecule has 0 unspecified atom stereocenters. The van der Waals surface area contributed by atoms with Crippen LogP contribution >= 0.6 is 23.2 Å². The van der Waals surface area contributed by atoms with Crippen molar-refractivity contribution in [3.05, 3.63) is 61.9 Å². The fraction of sp³-hybridized carbons (Fsp3) is 0.250. The minimum absolute atomic E-state index is 0.125. The van der Waals surface area contributed by atoms with Crippen LogP contribution in [0.25, 0.3) is 22.0 Å². The summed E-state index contributed by atoms with van der Waals surface area (Å²) in [5, 5.41) is 4.65. The Morgan fingerprint density at radius 3 is 2.66 bits per heavy atom. The van der Waals surface area contributed by atoms with Crippen LogP contribution in [0.3, 0.4) is 0 Å². The molecule has 1 fully saturated rings. The molecule has 9 nitrogen and oxygen atoms in total. The van der Waals surface area contributed by atoms with E-state index in [0.29, 0.717) is 75.3 Å². The van der Waals surface area contributed by atoms with Crippen molar-refractivity contribution in [1.82, 2.24) is 14.5 Å². The fourth-order valence-corrected chi connectivity index (χ4v) is 4.74. The van der Waals surface area contributed by atoms with E-state index in [1.165, 1.54) is 0 Å². The molecule has 0 bridgehead atoms. The second kappa shape index (κ2) is 8.90. The molecule has 1 aliphatic heterocycles. The summed E-state index contributed by atoms with van der Waals surface area (Å²) in [6, 6.07) is 8.62. The molecule has 2 amide bonds. The van der Waals surface area contributed by atoms with Gasteiger partial charge in [-0.1, -0.05) is 23.2 Å². The van der Waals surface area contributed by atoms with Gasteiger partial charge in [0.2, 0.25) is 11.9 Å². The van der Waals surface area contributed by atoms with Gasteiger partial charge in [0.25, 0.3) is 5.91 Å². The highest BCUT2D eigenvalue weighted by molar-refractivity contribution is 6.42. The van der Waals surface area contributed by atoms with Gasteiger partial charge in [0.05, 0.1) is 21.1 Å². The summed E-state index contributed by atoms with van der Waals surface area (Å²) in [6.07, 6.45) is 1.39. The average molecular weight is 514 g/mol. The Morgan fingerprint density at radius 2 is 1.97 bits per heavy atom. The SMILES string of the molecule is Cc1c(C(N)=O)c(=O)oc2cc3c(cc12)nc(Nc1ccc(Cl)c(Cl)c1)n3CCN1CCCC1=O. The lowest BCUT2D eigenvalue weighted by atomic mass is 10.1. The van der Waals surface area contributed by atoms with E-state index in [-0.39, 0.29) is 11.5 Å². The number of aromatic nitrogens is 2. The number of hydrogen-bond donors (Lipinski definition) is 2. The van der Waals surface area contributed by atoms with Crippen LogP contribution in [-0.2, 0) is 11.3 Å². The molecular formula is C24H21Cl2N5O4. The number of likely N-dealkylation sites (tertiary alicyclic amines) is 1. The second-order valence-electron chi connectivity index (χ2n) is 8.42. The molecule has 0 saturated carbocycles. The molecule has 4 aromatic rings. The normalized spacial score (nSPS) is 13.8. The van der Waals surface area contributed by atoms with Crippen molar-refractivity contribution in [2.24, 2.45) is 5.73 Å². The van der Waals surface area contributed by atoms with Gasteiger partial charge < -0.3 is 24.9 Å². The lowest BCUT2D eigenvalue weighted by molar-refractivity contribution is -0.127. The van der Waals surface area contributed by atoms with E-state index in [1.807, 2.05) is 9.47 Å². The van der Waals surface area contributed by atoms with Crippen LogP contribution in [0.1, 0.15) is 28.8 Å². The van der Waals surface area contributed by atoms with Crippen LogP contribution in [0.5, 0.6) is 0 Å². The number of primary amides is 1. The van der Waals surface area contributed by atoms with Crippen LogP contribution in [0, 0.1) is 6.92 Å². The number of anilines is 2. The summed E-state index contributed by atoms with van der Waals surface area (Å²) in [5.41, 5.74) is 7.14. The number of hydrogen-bond acceptors (Lipinski definition) is 6. The van der Waals surface area contributed by atoms with Crippen LogP contribution in [0.15, 0.2) is 39.5 Å². The van der Waals surface area contributed by atoms with E-state index in [1.54, 1.807) is 37.3 Å². The highest BCUT2D eigenvalue weighted by atomic mass is 35.5. The number of benzene rings is 2. The van der Waals surface area contributed by atoms with Crippen molar-refractivity contribution < 1.29 is 14.0 Å². The topological polar surface area (TPSA) is 123 Å². The maximum Gasteiger partial charge on any atom is 0.349 e. The first-order valence-corrected chi connectivity index (χ1v) is 11.8. The Morgan fingerprint density at radius 1 is 1.17 bits per heavy atom. The van der Waals surface area contributed by atoms with Crippen molar-refractivity contribution in [3.8, 4) is 0 Å². The monoisotopic (exact) mass is 513 g/mol. The van der Waals surface area contributed by atoms with Crippen LogP contribution < -0.4 is 16.7 Å². The number of carbonyl (C=O) groups excluding carboxylic acids is 2. The summed E-state index contributed by atoms with van der Waals surface area (Å²) in [7, 11) is 0. The summed E-state index contributed by atoms with van der Waals surface area (Å²) in [4.78, 5) is 42.9. The molecule has 5 rings (SSSR count). The molecule has 2 aromatic heterocycles. The summed E-state index contributed by atoms with van der Waals surface area (Å²) in [5.74, 6) is -0.212. The van der Waals surface area contributed by atoms with Gasteiger partial charge in [0, 0.05) is 43.2 Å². The van der Waals surface area contributed by atoms with E-state index in [4.69, 9.17) is 38.3 Å². The Bertz CT molecular complexity index is 1580. The highest BCUT2D eigenvalue weighted by Crippen LogP contribution is 2.31. The number of halogens is 2. The van der Waals surface area contributed by atoms with Crippen LogP contribution in [0.2, 0.25) is 10.0 Å². The van der Waals surface area contributed by atoms with Gasteiger partial charge in [0.1, 0.15) is 11.1 Å². The largest absolute Gasteiger partial charge is 0.422 e. The van der Waals surface area contributed by atoms with Gasteiger partial charge in [0.15, 0.2) is 0 Å². The first-order valence-electron chi connectivity index (χ1n) is 11.0. The molecule has 35 heavy (non-hydrogen) atoms. The van der Waals surface area contributed by atoms with Gasteiger partial charge in [-0.05, 0) is 43.2 Å². The number of aryl methyl sites for hydroxylation is 1. The van der Waals surface area contributed by atoms with E-state index in [9.17, 15) is 14.4 Å². The third kappa shape index (κ3) is 4.21. The number of imidazole rings is 1. The number of carbonyl (C=O) groups is 2. The van der Waals surface area contributed by atoms with Crippen LogP contribution in [0.4, 0.5) is 11.6 Å². The van der Waals surface area contributed by atoms with Gasteiger partial charge in [-0.15, -0.1) is 0 Å². The molecular weight excluding hydrogens is 493 g/mol. The molecule has 1 aliphatic rings. The van der Waals surface area contributed by atoms with Crippen molar-refractivity contribution in [2.75, 3.05) is 18.4 Å². The van der Waals surface area contributed by atoms with Crippen LogP contribution in [-0.4, -0.2) is 39.4 Å². The molecule has 0 radical (unpaired) electrons. The van der Waals surface area contributed by atoms with E-state index in [2.05, 4.69) is 5.32 Å². The van der Waals surface area contributed by atoms with E-state index < -0.39 is 11.5 Å². The standard InChI is InChI=1S/C24H21Cl2N5O4/c1-12-14-10-17-18(11-19(14)35-23(34)21(12)22(27)33)31(8-7-30-6-2-3-20(30)32)24(29-17)28-13-4-5-15(25)16(26)9-13/h4-5,9-11H,2-3,6-8H2,1H3,(H2,27,33)(H,28,29). The van der Waals surface area contributed by atoms with Crippen molar-refractivity contribution >= 4 is 68.7 Å². The molecule has 0 spiro atoms. The number of nitrogens with zero attached hydrogens (tertiary/aromatic N) is 3. The smallest absolute Gasteiger partial charge is 0.349 e.